The Bertz CT molecular complexity index is 605. The van der Waals surface area contributed by atoms with E-state index in [1.807, 2.05) is 13.8 Å². The molecule has 3 heteroatoms. The SMILES string of the molecule is [CH2]C(CCC(OCCCCCCCC/C=C\CCCCCCCC)OCCCCCCCC/C=C\CCCCCCCC)C(C)(C)O. The van der Waals surface area contributed by atoms with Crippen LogP contribution in [0, 0.1) is 12.8 Å². The molecule has 0 saturated heterocycles. The van der Waals surface area contributed by atoms with Crippen molar-refractivity contribution in [2.75, 3.05) is 13.2 Å². The maximum absolute atomic E-state index is 10.3. The molecule has 1 radical (unpaired) electrons. The molecule has 0 fully saturated rings. The van der Waals surface area contributed by atoms with E-state index in [-0.39, 0.29) is 12.2 Å². The zero-order valence-corrected chi connectivity index (χ0v) is 32.6. The maximum Gasteiger partial charge on any atom is 0.157 e. The van der Waals surface area contributed by atoms with Crippen LogP contribution in [0.15, 0.2) is 24.3 Å². The molecular formula is C44H85O3. The van der Waals surface area contributed by atoms with Gasteiger partial charge >= 0.3 is 0 Å². The van der Waals surface area contributed by atoms with Crippen LogP contribution in [0.5, 0.6) is 0 Å². The Kier molecular flexibility index (Phi) is 36.1. The van der Waals surface area contributed by atoms with Crippen molar-refractivity contribution in [1.82, 2.24) is 0 Å². The molecular weight excluding hydrogens is 576 g/mol. The number of ether oxygens (including phenoxy) is 2. The fourth-order valence-corrected chi connectivity index (χ4v) is 6.03. The summed E-state index contributed by atoms with van der Waals surface area (Å²) in [6.45, 7) is 14.0. The van der Waals surface area contributed by atoms with E-state index in [0.717, 1.165) is 38.9 Å². The van der Waals surface area contributed by atoms with Gasteiger partial charge in [0.25, 0.3) is 0 Å². The summed E-state index contributed by atoms with van der Waals surface area (Å²) in [5.41, 5.74) is -0.766. The molecule has 279 valence electrons. The second kappa shape index (κ2) is 36.6. The highest BCUT2D eigenvalue weighted by atomic mass is 16.7. The Hall–Kier alpha value is -0.640. The first-order chi connectivity index (χ1) is 22.9. The van der Waals surface area contributed by atoms with Crippen LogP contribution in [0.1, 0.15) is 220 Å². The third-order valence-corrected chi connectivity index (χ3v) is 9.67. The highest BCUT2D eigenvalue weighted by Crippen LogP contribution is 2.23. The molecule has 0 aromatic carbocycles. The average Bonchev–Trinajstić information content (AvgIpc) is 3.05. The van der Waals surface area contributed by atoms with Crippen LogP contribution in [0.25, 0.3) is 0 Å². The van der Waals surface area contributed by atoms with Gasteiger partial charge in [0.15, 0.2) is 6.29 Å². The Morgan fingerprint density at radius 1 is 0.468 bits per heavy atom. The third kappa shape index (κ3) is 36.5. The number of allylic oxidation sites excluding steroid dienone is 4. The van der Waals surface area contributed by atoms with E-state index < -0.39 is 5.60 Å². The van der Waals surface area contributed by atoms with Gasteiger partial charge in [-0.3, -0.25) is 0 Å². The molecule has 1 unspecified atom stereocenters. The van der Waals surface area contributed by atoms with Crippen molar-refractivity contribution in [3.8, 4) is 0 Å². The van der Waals surface area contributed by atoms with Gasteiger partial charge in [0.1, 0.15) is 0 Å². The van der Waals surface area contributed by atoms with E-state index in [9.17, 15) is 5.11 Å². The van der Waals surface area contributed by atoms with Crippen molar-refractivity contribution < 1.29 is 14.6 Å². The fraction of sp³-hybridized carbons (Fsp3) is 0.886. The summed E-state index contributed by atoms with van der Waals surface area (Å²) in [6.07, 6.45) is 48.0. The van der Waals surface area contributed by atoms with Gasteiger partial charge in [0.05, 0.1) is 5.60 Å². The topological polar surface area (TPSA) is 38.7 Å². The largest absolute Gasteiger partial charge is 0.390 e. The van der Waals surface area contributed by atoms with E-state index in [1.165, 1.54) is 167 Å². The van der Waals surface area contributed by atoms with E-state index in [1.54, 1.807) is 0 Å². The molecule has 0 aliphatic heterocycles. The van der Waals surface area contributed by atoms with Crippen molar-refractivity contribution in [3.05, 3.63) is 31.2 Å². The van der Waals surface area contributed by atoms with E-state index in [4.69, 9.17) is 9.47 Å². The van der Waals surface area contributed by atoms with E-state index >= 15 is 0 Å². The minimum atomic E-state index is -0.766. The first kappa shape index (κ1) is 46.4. The summed E-state index contributed by atoms with van der Waals surface area (Å²) in [7, 11) is 0. The average molecular weight is 662 g/mol. The molecule has 1 N–H and O–H groups in total. The van der Waals surface area contributed by atoms with Crippen molar-refractivity contribution in [2.45, 2.75) is 232 Å². The van der Waals surface area contributed by atoms with Crippen molar-refractivity contribution in [2.24, 2.45) is 5.92 Å². The maximum atomic E-state index is 10.3. The Morgan fingerprint density at radius 3 is 1.09 bits per heavy atom. The highest BCUT2D eigenvalue weighted by Gasteiger charge is 2.23. The first-order valence-electron chi connectivity index (χ1n) is 21.0. The lowest BCUT2D eigenvalue weighted by atomic mass is 9.89. The summed E-state index contributed by atoms with van der Waals surface area (Å²) in [6, 6.07) is 0. The molecule has 0 aromatic heterocycles. The molecule has 0 aliphatic carbocycles. The predicted octanol–water partition coefficient (Wildman–Crippen LogP) is 14.4. The van der Waals surface area contributed by atoms with Crippen LogP contribution in [-0.2, 0) is 9.47 Å². The quantitative estimate of drug-likeness (QED) is 0.0406. The molecule has 0 amide bonds. The summed E-state index contributed by atoms with van der Waals surface area (Å²) < 4.78 is 12.4. The Labute approximate surface area is 296 Å². The molecule has 0 saturated carbocycles. The Balaban J connectivity index is 3.87. The van der Waals surface area contributed by atoms with Gasteiger partial charge in [-0.15, -0.1) is 0 Å². The van der Waals surface area contributed by atoms with Crippen LogP contribution in [0.2, 0.25) is 0 Å². The lowest BCUT2D eigenvalue weighted by Gasteiger charge is -2.27. The summed E-state index contributed by atoms with van der Waals surface area (Å²) >= 11 is 0. The number of unbranched alkanes of at least 4 members (excludes halogenated alkanes) is 24. The number of rotatable bonds is 38. The van der Waals surface area contributed by atoms with Gasteiger partial charge < -0.3 is 14.6 Å². The second-order valence-corrected chi connectivity index (χ2v) is 15.0. The molecule has 1 atom stereocenters. The normalized spacial score (nSPS) is 13.2. The molecule has 0 bridgehead atoms. The third-order valence-electron chi connectivity index (χ3n) is 9.67. The minimum Gasteiger partial charge on any atom is -0.390 e. The zero-order valence-electron chi connectivity index (χ0n) is 32.6. The van der Waals surface area contributed by atoms with E-state index in [2.05, 4.69) is 45.1 Å². The smallest absolute Gasteiger partial charge is 0.157 e. The van der Waals surface area contributed by atoms with Crippen molar-refractivity contribution in [3.63, 3.8) is 0 Å². The lowest BCUT2D eigenvalue weighted by Crippen LogP contribution is -2.30. The fourth-order valence-electron chi connectivity index (χ4n) is 6.03. The number of aliphatic hydroxyl groups is 1. The van der Waals surface area contributed by atoms with Crippen molar-refractivity contribution >= 4 is 0 Å². The van der Waals surface area contributed by atoms with Crippen LogP contribution in [0.3, 0.4) is 0 Å². The summed E-state index contributed by atoms with van der Waals surface area (Å²) in [5, 5.41) is 10.3. The summed E-state index contributed by atoms with van der Waals surface area (Å²) in [5.74, 6) is -0.0204. The van der Waals surface area contributed by atoms with Gasteiger partial charge in [-0.1, -0.05) is 154 Å². The summed E-state index contributed by atoms with van der Waals surface area (Å²) in [4.78, 5) is 0. The molecule has 0 spiro atoms. The van der Waals surface area contributed by atoms with Gasteiger partial charge in [-0.25, -0.2) is 0 Å². The van der Waals surface area contributed by atoms with Gasteiger partial charge in [-0.2, -0.15) is 0 Å². The molecule has 0 heterocycles. The monoisotopic (exact) mass is 662 g/mol. The van der Waals surface area contributed by atoms with Gasteiger partial charge in [0, 0.05) is 13.2 Å². The molecule has 0 aliphatic rings. The van der Waals surface area contributed by atoms with Gasteiger partial charge in [-0.05, 0) is 104 Å². The molecule has 0 rings (SSSR count). The van der Waals surface area contributed by atoms with Crippen LogP contribution < -0.4 is 0 Å². The minimum absolute atomic E-state index is 0.0204. The van der Waals surface area contributed by atoms with E-state index in [0.29, 0.717) is 0 Å². The molecule has 47 heavy (non-hydrogen) atoms. The van der Waals surface area contributed by atoms with Gasteiger partial charge in [0.2, 0.25) is 0 Å². The van der Waals surface area contributed by atoms with Crippen LogP contribution in [-0.4, -0.2) is 30.2 Å². The zero-order chi connectivity index (χ0) is 34.5. The van der Waals surface area contributed by atoms with Crippen molar-refractivity contribution in [1.29, 1.82) is 0 Å². The standard InChI is InChI=1S/C44H85O3/c1-6-8-10-12-14-16-18-20-22-24-26-28-30-32-34-36-40-46-43(39-38-42(3)44(4,5)45)47-41-37-35-33-31-29-27-25-23-21-19-17-15-13-11-9-7-2/h20-23,42-43,45H,3,6-19,24-41H2,1-2,4-5H3/b22-20-,23-21-. The highest BCUT2D eigenvalue weighted by molar-refractivity contribution is 4.82. The number of hydrogen-bond donors (Lipinski definition) is 1. The first-order valence-corrected chi connectivity index (χ1v) is 21.0. The molecule has 0 aromatic rings. The number of hydrogen-bond acceptors (Lipinski definition) is 3. The van der Waals surface area contributed by atoms with Crippen LogP contribution in [0.4, 0.5) is 0 Å². The lowest BCUT2D eigenvalue weighted by molar-refractivity contribution is -0.150. The Morgan fingerprint density at radius 2 is 0.766 bits per heavy atom. The second-order valence-electron chi connectivity index (χ2n) is 15.0. The van der Waals surface area contributed by atoms with Crippen LogP contribution >= 0.6 is 0 Å². The predicted molar refractivity (Wildman–Crippen MR) is 209 cm³/mol. The molecule has 3 nitrogen and oxygen atoms in total.